The number of amides is 5. The van der Waals surface area contributed by atoms with Crippen LogP contribution in [0.5, 0.6) is 5.75 Å². The number of aryl methyl sites for hydroxylation is 1. The van der Waals surface area contributed by atoms with Gasteiger partial charge in [0.15, 0.2) is 0 Å². The summed E-state index contributed by atoms with van der Waals surface area (Å²) in [5, 5.41) is 7.95. The number of esters is 1. The number of hydrogen-bond donors (Lipinski definition) is 2. The van der Waals surface area contributed by atoms with Crippen LogP contribution in [0.1, 0.15) is 90.6 Å². The molecule has 0 radical (unpaired) electrons. The van der Waals surface area contributed by atoms with Crippen LogP contribution in [0.2, 0.25) is 0 Å². The topological polar surface area (TPSA) is 181 Å². The highest BCUT2D eigenvalue weighted by atomic mass is 32.1. The molecule has 7 rings (SSSR count). The summed E-state index contributed by atoms with van der Waals surface area (Å²) in [5.74, 6) is -1.38. The molecule has 2 saturated heterocycles. The van der Waals surface area contributed by atoms with E-state index in [1.165, 1.54) is 27.3 Å². The quantitative estimate of drug-likeness (QED) is 0.133. The summed E-state index contributed by atoms with van der Waals surface area (Å²) < 4.78 is 20.3. The van der Waals surface area contributed by atoms with Gasteiger partial charge < -0.3 is 38.8 Å². The number of likely N-dealkylation sites (N-methyl/N-ethyl adjacent to an activating group) is 1. The third-order valence-electron chi connectivity index (χ3n) is 13.7. The van der Waals surface area contributed by atoms with Gasteiger partial charge in [0.1, 0.15) is 23.9 Å². The van der Waals surface area contributed by atoms with Crippen LogP contribution in [0.3, 0.4) is 0 Å². The molecule has 0 aliphatic carbocycles. The van der Waals surface area contributed by atoms with E-state index < -0.39 is 41.3 Å². The van der Waals surface area contributed by atoms with Crippen LogP contribution < -0.4 is 15.5 Å². The van der Waals surface area contributed by atoms with Crippen LogP contribution in [-0.2, 0) is 48.0 Å². The Morgan fingerprint density at radius 3 is 2.49 bits per heavy atom. The van der Waals surface area contributed by atoms with Gasteiger partial charge in [0, 0.05) is 98.4 Å². The van der Waals surface area contributed by atoms with Gasteiger partial charge in [0.25, 0.3) is 5.91 Å². The lowest BCUT2D eigenvalue weighted by Gasteiger charge is -2.46. The molecule has 6 bridgehead atoms. The molecule has 18 heteroatoms. The van der Waals surface area contributed by atoms with Crippen LogP contribution in [0.25, 0.3) is 33.4 Å². The number of fused-ring (bicyclic) bond motifs is 6. The number of hydrazine groups is 1. The van der Waals surface area contributed by atoms with Crippen molar-refractivity contribution in [2.45, 2.75) is 124 Å². The van der Waals surface area contributed by atoms with E-state index >= 15 is 0 Å². The second-order valence-corrected chi connectivity index (χ2v) is 20.7. The van der Waals surface area contributed by atoms with Crippen LogP contribution in [0.15, 0.2) is 48.5 Å². The lowest BCUT2D eigenvalue weighted by molar-refractivity contribution is -0.155. The molecule has 1 aromatic carbocycles. The highest BCUT2D eigenvalue weighted by Gasteiger charge is 2.42. The van der Waals surface area contributed by atoms with Crippen molar-refractivity contribution in [2.75, 3.05) is 47.5 Å². The highest BCUT2D eigenvalue weighted by Crippen LogP contribution is 2.44. The van der Waals surface area contributed by atoms with Gasteiger partial charge in [-0.25, -0.2) is 15.2 Å². The summed E-state index contributed by atoms with van der Waals surface area (Å²) in [6, 6.07) is 4.23. The lowest BCUT2D eigenvalue weighted by atomic mass is 9.84. The minimum atomic E-state index is -1.13. The number of methoxy groups -OCH3 is 2. The summed E-state index contributed by atoms with van der Waals surface area (Å²) in [6.45, 7) is 21.0. The molecule has 372 valence electrons. The monoisotopic (exact) mass is 967 g/mol. The second kappa shape index (κ2) is 21.0. The molecule has 2 N–H and O–H groups in total. The van der Waals surface area contributed by atoms with Crippen molar-refractivity contribution in [3.63, 3.8) is 0 Å². The van der Waals surface area contributed by atoms with Gasteiger partial charge in [-0.05, 0) is 82.7 Å². The number of ether oxygens (including phenoxy) is 3. The van der Waals surface area contributed by atoms with E-state index in [4.69, 9.17) is 24.2 Å². The van der Waals surface area contributed by atoms with Crippen LogP contribution >= 0.6 is 11.3 Å². The van der Waals surface area contributed by atoms with Crippen molar-refractivity contribution in [3.05, 3.63) is 64.8 Å². The lowest BCUT2D eigenvalue weighted by Crippen LogP contribution is -2.65. The first kappa shape index (κ1) is 51.0. The number of aromatic nitrogens is 3. The van der Waals surface area contributed by atoms with Gasteiger partial charge in [-0.3, -0.25) is 29.2 Å². The number of rotatable bonds is 10. The maximum Gasteiger partial charge on any atom is 0.324 e. The maximum absolute atomic E-state index is 14.8. The highest BCUT2D eigenvalue weighted by molar-refractivity contribution is 7.10. The summed E-state index contributed by atoms with van der Waals surface area (Å²) in [5.41, 5.74) is 8.73. The van der Waals surface area contributed by atoms with E-state index in [-0.39, 0.29) is 49.1 Å². The number of urea groups is 1. The standard InChI is InChI=1S/C51H69N9O8S/c1-13-43(61)57-25-30(5)60(31(6)26-57)50(65)56(10)45(29(3)4)47(62)54-38-22-42-53-39(27-69-42)35-21-34-36(24-51(8,9)28-68-49(64)37-18-16-20-59(55-37)48(38)63)46(58(14-2)40(34)23-41(35)67-12)33-17-15-19-52-44(33)32(7)66-11/h13,15,17,19,21,23,27,29-32,37-38,45,55H,1,14,16,18,20,22,24-26,28H2,2-12H3,(H,54,62)/t30-,31-,32+,37+,38+,45+/m1/s1. The number of nitrogens with one attached hydrogen (secondary N) is 2. The first-order valence-electron chi connectivity index (χ1n) is 24.0. The number of cyclic esters (lactones) is 1. The summed E-state index contributed by atoms with van der Waals surface area (Å²) in [6.07, 6.45) is 4.29. The van der Waals surface area contributed by atoms with Crippen LogP contribution in [0, 0.1) is 11.3 Å². The maximum atomic E-state index is 14.8. The molecule has 0 spiro atoms. The first-order valence-corrected chi connectivity index (χ1v) is 24.9. The van der Waals surface area contributed by atoms with Crippen LogP contribution in [-0.4, -0.2) is 142 Å². The minimum absolute atomic E-state index is 0.0280. The van der Waals surface area contributed by atoms with Gasteiger partial charge in [-0.15, -0.1) is 11.3 Å². The van der Waals surface area contributed by atoms with Crippen molar-refractivity contribution in [2.24, 2.45) is 11.3 Å². The third kappa shape index (κ3) is 10.4. The fourth-order valence-corrected chi connectivity index (χ4v) is 11.1. The molecule has 6 heterocycles. The number of thiazole rings is 1. The molecule has 5 amide bonds. The van der Waals surface area contributed by atoms with Gasteiger partial charge in [-0.1, -0.05) is 34.3 Å². The smallest absolute Gasteiger partial charge is 0.324 e. The molecule has 69 heavy (non-hydrogen) atoms. The largest absolute Gasteiger partial charge is 0.496 e. The molecule has 3 aliphatic heterocycles. The van der Waals surface area contributed by atoms with Gasteiger partial charge >= 0.3 is 12.0 Å². The number of carbonyl (C=O) groups excluding carboxylic acids is 5. The molecule has 4 aromatic rings. The second-order valence-electron chi connectivity index (χ2n) is 19.7. The molecule has 0 unspecified atom stereocenters. The third-order valence-corrected chi connectivity index (χ3v) is 14.6. The Balaban J connectivity index is 1.29. The van der Waals surface area contributed by atoms with Crippen molar-refractivity contribution < 1.29 is 38.2 Å². The number of nitrogens with zero attached hydrogens (tertiary/aromatic N) is 7. The average Bonchev–Trinajstić information content (AvgIpc) is 3.92. The average molecular weight is 968 g/mol. The molecule has 3 aliphatic rings. The zero-order valence-corrected chi connectivity index (χ0v) is 42.8. The van der Waals surface area contributed by atoms with Gasteiger partial charge in [-0.2, -0.15) is 0 Å². The van der Waals surface area contributed by atoms with E-state index in [2.05, 4.69) is 54.8 Å². The van der Waals surface area contributed by atoms with E-state index in [9.17, 15) is 24.0 Å². The first-order chi connectivity index (χ1) is 32.8. The Hall–Kier alpha value is -5.85. The van der Waals surface area contributed by atoms with Crippen molar-refractivity contribution in [3.8, 4) is 28.3 Å². The molecular formula is C51H69N9O8S. The van der Waals surface area contributed by atoms with Crippen molar-refractivity contribution in [1.29, 1.82) is 0 Å². The Kier molecular flexibility index (Phi) is 15.5. The normalized spacial score (nSPS) is 21.9. The SMILES string of the molecule is C=CC(=O)N1C[C@@H](C)N(C(=O)N(C)[C@H](C(=O)N[C@H]2Cc3nc(cs3)-c3cc4c(c(-c5cccnc5[C@H](C)OC)n(CC)c4cc3OC)CC(C)(C)COC(=O)[C@@H]3CCCN(N3)C2=O)C(C)C)[C@H](C)C1. The molecule has 2 fully saturated rings. The molecule has 0 saturated carbocycles. The summed E-state index contributed by atoms with van der Waals surface area (Å²) in [4.78, 5) is 85.0. The summed E-state index contributed by atoms with van der Waals surface area (Å²) >= 11 is 1.37. The Morgan fingerprint density at radius 1 is 1.12 bits per heavy atom. The number of benzene rings is 1. The van der Waals surface area contributed by atoms with Crippen molar-refractivity contribution in [1.82, 2.24) is 45.0 Å². The van der Waals surface area contributed by atoms with Crippen molar-refractivity contribution >= 4 is 52.0 Å². The predicted octanol–water partition coefficient (Wildman–Crippen LogP) is 6.39. The zero-order chi connectivity index (χ0) is 50.1. The van der Waals surface area contributed by atoms with Gasteiger partial charge in [0.2, 0.25) is 11.8 Å². The fraction of sp³-hybridized carbons (Fsp3) is 0.549. The Morgan fingerprint density at radius 2 is 1.84 bits per heavy atom. The van der Waals surface area contributed by atoms with E-state index in [1.54, 1.807) is 37.3 Å². The molecule has 17 nitrogen and oxygen atoms in total. The fourth-order valence-electron chi connectivity index (χ4n) is 10.3. The number of piperazine rings is 1. The number of pyridine rings is 1. The summed E-state index contributed by atoms with van der Waals surface area (Å²) in [7, 11) is 4.90. The minimum Gasteiger partial charge on any atom is -0.496 e. The van der Waals surface area contributed by atoms with E-state index in [0.717, 1.165) is 39.0 Å². The number of hydrogen-bond acceptors (Lipinski definition) is 12. The molecular weight excluding hydrogens is 899 g/mol. The predicted molar refractivity (Wildman–Crippen MR) is 265 cm³/mol. The van der Waals surface area contributed by atoms with Crippen LogP contribution in [0.4, 0.5) is 4.79 Å². The van der Waals surface area contributed by atoms with E-state index in [0.29, 0.717) is 61.9 Å². The van der Waals surface area contributed by atoms with Gasteiger partial charge in [0.05, 0.1) is 47.4 Å². The molecule has 6 atom stereocenters. The van der Waals surface area contributed by atoms with E-state index in [1.807, 2.05) is 52.1 Å². The zero-order valence-electron chi connectivity index (χ0n) is 42.0. The molecule has 3 aromatic heterocycles. The Bertz CT molecular complexity index is 2580. The Labute approximate surface area is 409 Å². The number of carbonyl (C=O) groups is 5.